The minimum absolute atomic E-state index is 0.219. The molecular weight excluding hydrogens is 214 g/mol. The SMILES string of the molecule is Cc1cc(C(C)(C)C)ccc1-c1ccns1. The van der Waals surface area contributed by atoms with Crippen LogP contribution < -0.4 is 0 Å². The Morgan fingerprint density at radius 2 is 1.88 bits per heavy atom. The Labute approximate surface area is 101 Å². The van der Waals surface area contributed by atoms with Crippen LogP contribution in [0.15, 0.2) is 30.5 Å². The van der Waals surface area contributed by atoms with Crippen molar-refractivity contribution in [3.8, 4) is 10.4 Å². The zero-order valence-corrected chi connectivity index (χ0v) is 11.1. The molecule has 0 N–H and O–H groups in total. The summed E-state index contributed by atoms with van der Waals surface area (Å²) in [7, 11) is 0. The molecule has 2 aromatic rings. The molecule has 2 rings (SSSR count). The quantitative estimate of drug-likeness (QED) is 0.708. The maximum atomic E-state index is 4.15. The highest BCUT2D eigenvalue weighted by Crippen LogP contribution is 2.30. The van der Waals surface area contributed by atoms with Gasteiger partial charge in [-0.1, -0.05) is 39.0 Å². The monoisotopic (exact) mass is 231 g/mol. The smallest absolute Gasteiger partial charge is 0.0552 e. The number of hydrogen-bond acceptors (Lipinski definition) is 2. The van der Waals surface area contributed by atoms with Crippen LogP contribution in [0.4, 0.5) is 0 Å². The Balaban J connectivity index is 2.46. The zero-order valence-electron chi connectivity index (χ0n) is 10.2. The van der Waals surface area contributed by atoms with Crippen molar-refractivity contribution in [2.24, 2.45) is 0 Å². The van der Waals surface area contributed by atoms with Gasteiger partial charge in [0.15, 0.2) is 0 Å². The molecule has 0 unspecified atom stereocenters. The van der Waals surface area contributed by atoms with E-state index in [2.05, 4.69) is 56.3 Å². The van der Waals surface area contributed by atoms with E-state index in [0.717, 1.165) is 0 Å². The van der Waals surface area contributed by atoms with E-state index in [1.54, 1.807) is 11.5 Å². The number of benzene rings is 1. The molecule has 2 heteroatoms. The summed E-state index contributed by atoms with van der Waals surface area (Å²) in [5, 5.41) is 0. The number of nitrogens with zero attached hydrogens (tertiary/aromatic N) is 1. The lowest BCUT2D eigenvalue weighted by molar-refractivity contribution is 0.590. The summed E-state index contributed by atoms with van der Waals surface area (Å²) >= 11 is 1.55. The summed E-state index contributed by atoms with van der Waals surface area (Å²) in [6.07, 6.45) is 1.86. The molecule has 0 spiro atoms. The first kappa shape index (κ1) is 11.3. The van der Waals surface area contributed by atoms with Gasteiger partial charge in [0, 0.05) is 6.20 Å². The van der Waals surface area contributed by atoms with Crippen LogP contribution in [0, 0.1) is 6.92 Å². The van der Waals surface area contributed by atoms with Gasteiger partial charge in [0.1, 0.15) is 0 Å². The fourth-order valence-electron chi connectivity index (χ4n) is 1.76. The molecule has 16 heavy (non-hydrogen) atoms. The molecule has 1 nitrogen and oxygen atoms in total. The molecule has 0 fully saturated rings. The van der Waals surface area contributed by atoms with E-state index in [1.807, 2.05) is 6.20 Å². The summed E-state index contributed by atoms with van der Waals surface area (Å²) < 4.78 is 4.15. The first-order chi connectivity index (χ1) is 7.48. The molecule has 0 saturated carbocycles. The molecule has 1 aromatic carbocycles. The average Bonchev–Trinajstić information content (AvgIpc) is 2.69. The van der Waals surface area contributed by atoms with Crippen LogP contribution in [0.25, 0.3) is 10.4 Å². The van der Waals surface area contributed by atoms with E-state index in [-0.39, 0.29) is 5.41 Å². The maximum absolute atomic E-state index is 4.15. The highest BCUT2D eigenvalue weighted by Gasteiger charge is 2.14. The standard InChI is InChI=1S/C14H17NS/c1-10-9-11(14(2,3)4)5-6-12(10)13-7-8-15-16-13/h5-9H,1-4H3. The second kappa shape index (κ2) is 4.02. The van der Waals surface area contributed by atoms with Crippen molar-refractivity contribution in [3.05, 3.63) is 41.6 Å². The molecule has 0 radical (unpaired) electrons. The van der Waals surface area contributed by atoms with Crippen LogP contribution in [0.1, 0.15) is 31.9 Å². The highest BCUT2D eigenvalue weighted by atomic mass is 32.1. The molecule has 0 amide bonds. The Bertz CT molecular complexity index is 478. The van der Waals surface area contributed by atoms with Crippen LogP contribution in [0.2, 0.25) is 0 Å². The third-order valence-corrected chi connectivity index (χ3v) is 3.58. The molecule has 0 bridgehead atoms. The maximum Gasteiger partial charge on any atom is 0.0552 e. The van der Waals surface area contributed by atoms with Gasteiger partial charge in [0.05, 0.1) is 4.88 Å². The van der Waals surface area contributed by atoms with Gasteiger partial charge in [0.25, 0.3) is 0 Å². The van der Waals surface area contributed by atoms with Crippen LogP contribution in [0.5, 0.6) is 0 Å². The molecule has 0 aliphatic carbocycles. The minimum atomic E-state index is 0.219. The van der Waals surface area contributed by atoms with Gasteiger partial charge >= 0.3 is 0 Å². The van der Waals surface area contributed by atoms with Gasteiger partial charge in [0.2, 0.25) is 0 Å². The summed E-state index contributed by atoms with van der Waals surface area (Å²) in [4.78, 5) is 1.25. The van der Waals surface area contributed by atoms with Crippen molar-refractivity contribution in [2.45, 2.75) is 33.1 Å². The van der Waals surface area contributed by atoms with Gasteiger partial charge in [-0.25, -0.2) is 4.37 Å². The predicted molar refractivity (Wildman–Crippen MR) is 71.0 cm³/mol. The van der Waals surface area contributed by atoms with Crippen molar-refractivity contribution >= 4 is 11.5 Å². The third kappa shape index (κ3) is 2.17. The van der Waals surface area contributed by atoms with Crippen molar-refractivity contribution in [1.29, 1.82) is 0 Å². The Hall–Kier alpha value is -1.15. The third-order valence-electron chi connectivity index (χ3n) is 2.80. The molecule has 0 atom stereocenters. The second-order valence-corrected chi connectivity index (χ2v) is 5.99. The number of aryl methyl sites for hydroxylation is 1. The molecule has 0 aliphatic heterocycles. The number of aromatic nitrogens is 1. The fourth-order valence-corrected chi connectivity index (χ4v) is 2.45. The van der Waals surface area contributed by atoms with Gasteiger partial charge in [-0.15, -0.1) is 0 Å². The topological polar surface area (TPSA) is 12.9 Å². The number of rotatable bonds is 1. The Morgan fingerprint density at radius 3 is 2.38 bits per heavy atom. The van der Waals surface area contributed by atoms with Crippen molar-refractivity contribution < 1.29 is 0 Å². The Kier molecular flexibility index (Phi) is 2.85. The van der Waals surface area contributed by atoms with Crippen LogP contribution in [-0.4, -0.2) is 4.37 Å². The summed E-state index contributed by atoms with van der Waals surface area (Å²) in [5.74, 6) is 0. The molecule has 84 valence electrons. The lowest BCUT2D eigenvalue weighted by Crippen LogP contribution is -2.11. The normalized spacial score (nSPS) is 11.8. The zero-order chi connectivity index (χ0) is 11.8. The summed E-state index contributed by atoms with van der Waals surface area (Å²) in [6, 6.07) is 8.80. The van der Waals surface area contributed by atoms with E-state index >= 15 is 0 Å². The number of hydrogen-bond donors (Lipinski definition) is 0. The van der Waals surface area contributed by atoms with Crippen LogP contribution >= 0.6 is 11.5 Å². The van der Waals surface area contributed by atoms with Gasteiger partial charge in [-0.05, 0) is 46.6 Å². The van der Waals surface area contributed by atoms with Crippen molar-refractivity contribution in [2.75, 3.05) is 0 Å². The molecule has 1 aromatic heterocycles. The molecule has 0 saturated heterocycles. The Morgan fingerprint density at radius 1 is 1.12 bits per heavy atom. The predicted octanol–water partition coefficient (Wildman–Crippen LogP) is 4.42. The first-order valence-electron chi connectivity index (χ1n) is 5.50. The lowest BCUT2D eigenvalue weighted by Gasteiger charge is -2.20. The fraction of sp³-hybridized carbons (Fsp3) is 0.357. The van der Waals surface area contributed by atoms with Gasteiger partial charge in [-0.3, -0.25) is 0 Å². The van der Waals surface area contributed by atoms with Crippen LogP contribution in [-0.2, 0) is 5.41 Å². The molecule has 1 heterocycles. The minimum Gasteiger partial charge on any atom is -0.201 e. The van der Waals surface area contributed by atoms with E-state index in [9.17, 15) is 0 Å². The molecular formula is C14H17NS. The first-order valence-corrected chi connectivity index (χ1v) is 6.28. The molecule has 0 aliphatic rings. The summed E-state index contributed by atoms with van der Waals surface area (Å²) in [5.41, 5.74) is 4.24. The van der Waals surface area contributed by atoms with Gasteiger partial charge in [-0.2, -0.15) is 0 Å². The van der Waals surface area contributed by atoms with Gasteiger partial charge < -0.3 is 0 Å². The van der Waals surface area contributed by atoms with E-state index in [1.165, 1.54) is 21.6 Å². The van der Waals surface area contributed by atoms with E-state index in [4.69, 9.17) is 0 Å². The average molecular weight is 231 g/mol. The highest BCUT2D eigenvalue weighted by molar-refractivity contribution is 7.09. The van der Waals surface area contributed by atoms with Crippen LogP contribution in [0.3, 0.4) is 0 Å². The van der Waals surface area contributed by atoms with Crippen molar-refractivity contribution in [3.63, 3.8) is 0 Å². The van der Waals surface area contributed by atoms with Crippen molar-refractivity contribution in [1.82, 2.24) is 4.37 Å². The van der Waals surface area contributed by atoms with E-state index in [0.29, 0.717) is 0 Å². The largest absolute Gasteiger partial charge is 0.201 e. The lowest BCUT2D eigenvalue weighted by atomic mass is 9.85. The summed E-state index contributed by atoms with van der Waals surface area (Å²) in [6.45, 7) is 8.90. The van der Waals surface area contributed by atoms with E-state index < -0.39 is 0 Å². The second-order valence-electron chi connectivity index (χ2n) is 5.16.